The zero-order chi connectivity index (χ0) is 18.7. The molecule has 2 fully saturated rings. The van der Waals surface area contributed by atoms with Crippen molar-refractivity contribution in [3.05, 3.63) is 34.7 Å². The van der Waals surface area contributed by atoms with E-state index in [1.165, 1.54) is 31.1 Å². The molecule has 1 saturated heterocycles. The normalized spacial score (nSPS) is 21.3. The Morgan fingerprint density at radius 2 is 1.85 bits per heavy atom. The molecule has 2 aliphatic rings. The van der Waals surface area contributed by atoms with Crippen LogP contribution in [0.3, 0.4) is 0 Å². The fourth-order valence-electron chi connectivity index (χ4n) is 3.60. The Labute approximate surface area is 158 Å². The highest BCUT2D eigenvalue weighted by Crippen LogP contribution is 2.40. The number of nitrogens with zero attached hydrogens (tertiary/aromatic N) is 1. The summed E-state index contributed by atoms with van der Waals surface area (Å²) in [5.74, 6) is -0.326. The van der Waals surface area contributed by atoms with Crippen LogP contribution in [0.15, 0.2) is 29.2 Å². The van der Waals surface area contributed by atoms with Gasteiger partial charge in [0.05, 0.1) is 4.91 Å². The molecule has 0 aromatic heterocycles. The maximum Gasteiger partial charge on any atom is 0.293 e. The molecule has 5 nitrogen and oxygen atoms in total. The number of carbonyl (C=O) groups excluding carboxylic acids is 3. The van der Waals surface area contributed by atoms with Crippen LogP contribution in [0.2, 0.25) is 0 Å². The third-order valence-electron chi connectivity index (χ3n) is 5.00. The van der Waals surface area contributed by atoms with Crippen LogP contribution in [-0.4, -0.2) is 28.5 Å². The molecule has 1 N–H and O–H groups in total. The number of benzene rings is 1. The first-order chi connectivity index (χ1) is 12.4. The van der Waals surface area contributed by atoms with Crippen molar-refractivity contribution in [2.45, 2.75) is 46.0 Å². The van der Waals surface area contributed by atoms with Gasteiger partial charge in [-0.2, -0.15) is 0 Å². The number of amides is 3. The second-order valence-electron chi connectivity index (χ2n) is 7.44. The average Bonchev–Trinajstić information content (AvgIpc) is 2.84. The quantitative estimate of drug-likeness (QED) is 0.781. The summed E-state index contributed by atoms with van der Waals surface area (Å²) in [6.07, 6.45) is 7.46. The molecule has 0 bridgehead atoms. The van der Waals surface area contributed by atoms with Crippen LogP contribution in [0.25, 0.3) is 6.08 Å². The maximum absolute atomic E-state index is 12.7. The molecule has 0 radical (unpaired) electrons. The highest BCUT2D eigenvalue weighted by molar-refractivity contribution is 8.18. The summed E-state index contributed by atoms with van der Waals surface area (Å²) in [5.41, 5.74) is 1.57. The van der Waals surface area contributed by atoms with Gasteiger partial charge in [0.25, 0.3) is 11.1 Å². The van der Waals surface area contributed by atoms with E-state index >= 15 is 0 Å². The van der Waals surface area contributed by atoms with Crippen LogP contribution in [0, 0.1) is 5.41 Å². The van der Waals surface area contributed by atoms with Gasteiger partial charge in [-0.3, -0.25) is 19.3 Å². The number of carbonyl (C=O) groups is 3. The van der Waals surface area contributed by atoms with Gasteiger partial charge in [0.1, 0.15) is 0 Å². The lowest BCUT2D eigenvalue weighted by molar-refractivity contribution is -0.124. The van der Waals surface area contributed by atoms with Crippen molar-refractivity contribution in [2.24, 2.45) is 5.41 Å². The van der Waals surface area contributed by atoms with Gasteiger partial charge >= 0.3 is 0 Å². The second-order valence-corrected chi connectivity index (χ2v) is 8.44. The van der Waals surface area contributed by atoms with Crippen LogP contribution in [-0.2, 0) is 9.59 Å². The minimum Gasteiger partial charge on any atom is -0.326 e. The van der Waals surface area contributed by atoms with Crippen molar-refractivity contribution in [3.63, 3.8) is 0 Å². The van der Waals surface area contributed by atoms with Crippen LogP contribution >= 0.6 is 11.8 Å². The van der Waals surface area contributed by atoms with Crippen LogP contribution < -0.4 is 5.32 Å². The van der Waals surface area contributed by atoms with E-state index in [0.717, 1.165) is 30.2 Å². The van der Waals surface area contributed by atoms with Gasteiger partial charge in [-0.15, -0.1) is 0 Å². The molecule has 1 aliphatic heterocycles. The standard InChI is InChI=1S/C20H24N2O3S/c1-14(23)21-16-8-6-15(7-9-16)12-17-18(24)22(19(25)26-17)13-20(2)10-4-3-5-11-20/h6-9,12H,3-5,10-11,13H2,1-2H3,(H,21,23)/b17-12-. The van der Waals surface area contributed by atoms with Crippen molar-refractivity contribution in [3.8, 4) is 0 Å². The van der Waals surface area contributed by atoms with Crippen LogP contribution in [0.1, 0.15) is 51.5 Å². The zero-order valence-electron chi connectivity index (χ0n) is 15.2. The SMILES string of the molecule is CC(=O)Nc1ccc(/C=C2\SC(=O)N(CC3(C)CCCCC3)C2=O)cc1. The summed E-state index contributed by atoms with van der Waals surface area (Å²) >= 11 is 1.01. The number of nitrogens with one attached hydrogen (secondary N) is 1. The molecule has 0 unspecified atom stereocenters. The van der Waals surface area contributed by atoms with E-state index in [1.807, 2.05) is 12.1 Å². The van der Waals surface area contributed by atoms with Gasteiger partial charge in [-0.25, -0.2) is 0 Å². The van der Waals surface area contributed by atoms with Gasteiger partial charge < -0.3 is 5.32 Å². The molecule has 3 amide bonds. The van der Waals surface area contributed by atoms with Gasteiger partial charge in [0.2, 0.25) is 5.91 Å². The fraction of sp³-hybridized carbons (Fsp3) is 0.450. The Balaban J connectivity index is 1.71. The predicted octanol–water partition coefficient (Wildman–Crippen LogP) is 4.65. The Hall–Kier alpha value is -2.08. The molecule has 1 saturated carbocycles. The Kier molecular flexibility index (Phi) is 5.51. The van der Waals surface area contributed by atoms with Crippen molar-refractivity contribution in [2.75, 3.05) is 11.9 Å². The molecular formula is C20H24N2O3S. The highest BCUT2D eigenvalue weighted by Gasteiger charge is 2.40. The Morgan fingerprint density at radius 1 is 1.19 bits per heavy atom. The zero-order valence-corrected chi connectivity index (χ0v) is 16.0. The van der Waals surface area contributed by atoms with E-state index < -0.39 is 0 Å². The van der Waals surface area contributed by atoms with Crippen molar-refractivity contribution >= 4 is 40.6 Å². The van der Waals surface area contributed by atoms with Crippen molar-refractivity contribution in [1.29, 1.82) is 0 Å². The summed E-state index contributed by atoms with van der Waals surface area (Å²) in [7, 11) is 0. The third-order valence-corrected chi connectivity index (χ3v) is 5.91. The van der Waals surface area contributed by atoms with Crippen LogP contribution in [0.5, 0.6) is 0 Å². The lowest BCUT2D eigenvalue weighted by Crippen LogP contribution is -2.39. The monoisotopic (exact) mass is 372 g/mol. The lowest BCUT2D eigenvalue weighted by atomic mass is 9.75. The molecule has 138 valence electrons. The molecule has 26 heavy (non-hydrogen) atoms. The number of anilines is 1. The number of rotatable bonds is 4. The first-order valence-electron chi connectivity index (χ1n) is 8.99. The molecule has 1 aromatic carbocycles. The maximum atomic E-state index is 12.7. The first-order valence-corrected chi connectivity index (χ1v) is 9.81. The summed E-state index contributed by atoms with van der Waals surface area (Å²) < 4.78 is 0. The predicted molar refractivity (Wildman–Crippen MR) is 105 cm³/mol. The van der Waals surface area contributed by atoms with E-state index in [4.69, 9.17) is 0 Å². The van der Waals surface area contributed by atoms with Gasteiger partial charge in [-0.1, -0.05) is 38.3 Å². The van der Waals surface area contributed by atoms with Gasteiger partial charge in [0, 0.05) is 19.2 Å². The van der Waals surface area contributed by atoms with E-state index in [-0.39, 0.29) is 22.5 Å². The fourth-order valence-corrected chi connectivity index (χ4v) is 4.44. The van der Waals surface area contributed by atoms with Gasteiger partial charge in [0.15, 0.2) is 0 Å². The van der Waals surface area contributed by atoms with Crippen molar-refractivity contribution < 1.29 is 14.4 Å². The Morgan fingerprint density at radius 3 is 2.46 bits per heavy atom. The third kappa shape index (κ3) is 4.36. The number of thioether (sulfide) groups is 1. The van der Waals surface area contributed by atoms with Crippen molar-refractivity contribution in [1.82, 2.24) is 4.90 Å². The van der Waals surface area contributed by atoms with Gasteiger partial charge in [-0.05, 0) is 53.8 Å². The molecule has 0 atom stereocenters. The minimum absolute atomic E-state index is 0.0413. The number of hydrogen-bond acceptors (Lipinski definition) is 4. The summed E-state index contributed by atoms with van der Waals surface area (Å²) in [4.78, 5) is 38.0. The number of hydrogen-bond donors (Lipinski definition) is 1. The average molecular weight is 372 g/mol. The summed E-state index contributed by atoms with van der Waals surface area (Å²) in [5, 5.41) is 2.53. The minimum atomic E-state index is -0.197. The van der Waals surface area contributed by atoms with Crippen LogP contribution in [0.4, 0.5) is 10.5 Å². The molecule has 1 heterocycles. The smallest absolute Gasteiger partial charge is 0.293 e. The Bertz CT molecular complexity index is 749. The van der Waals surface area contributed by atoms with E-state index in [9.17, 15) is 14.4 Å². The topological polar surface area (TPSA) is 66.5 Å². The molecule has 1 aromatic rings. The largest absolute Gasteiger partial charge is 0.326 e. The highest BCUT2D eigenvalue weighted by atomic mass is 32.2. The molecule has 1 aliphatic carbocycles. The second kappa shape index (κ2) is 7.66. The van der Waals surface area contributed by atoms with E-state index in [1.54, 1.807) is 18.2 Å². The summed E-state index contributed by atoms with van der Waals surface area (Å²) in [6, 6.07) is 7.20. The molecular weight excluding hydrogens is 348 g/mol. The molecule has 0 spiro atoms. The first kappa shape index (κ1) is 18.7. The molecule has 6 heteroatoms. The summed E-state index contributed by atoms with van der Waals surface area (Å²) in [6.45, 7) is 4.15. The number of imide groups is 1. The van der Waals surface area contributed by atoms with E-state index in [2.05, 4.69) is 12.2 Å². The van der Waals surface area contributed by atoms with E-state index in [0.29, 0.717) is 17.1 Å². The lowest BCUT2D eigenvalue weighted by Gasteiger charge is -2.35. The molecule has 3 rings (SSSR count).